The van der Waals surface area contributed by atoms with Gasteiger partial charge < -0.3 is 10.6 Å². The summed E-state index contributed by atoms with van der Waals surface area (Å²) in [6.45, 7) is 1.70. The van der Waals surface area contributed by atoms with Crippen molar-refractivity contribution in [2.24, 2.45) is 0 Å². The van der Waals surface area contributed by atoms with Crippen LogP contribution in [0.5, 0.6) is 0 Å². The molecule has 2 N–H and O–H groups in total. The van der Waals surface area contributed by atoms with Crippen LogP contribution in [-0.2, 0) is 20.9 Å². The highest BCUT2D eigenvalue weighted by atomic mass is 16.2. The third-order valence-electron chi connectivity index (χ3n) is 5.60. The Kier molecular flexibility index (Phi) is 5.51. The van der Waals surface area contributed by atoms with Crippen molar-refractivity contribution in [2.45, 2.75) is 25.9 Å². The number of rotatable bonds is 6. The van der Waals surface area contributed by atoms with Crippen molar-refractivity contribution in [3.05, 3.63) is 78.6 Å². The molecule has 1 aliphatic heterocycles. The van der Waals surface area contributed by atoms with Crippen molar-refractivity contribution < 1.29 is 14.4 Å². The molecule has 0 saturated carbocycles. The first-order chi connectivity index (χ1) is 16.5. The Labute approximate surface area is 195 Å². The minimum absolute atomic E-state index is 0.0433. The maximum absolute atomic E-state index is 13.4. The quantitative estimate of drug-likeness (QED) is 0.463. The van der Waals surface area contributed by atoms with Gasteiger partial charge >= 0.3 is 0 Å². The second-order valence-corrected chi connectivity index (χ2v) is 8.04. The van der Waals surface area contributed by atoms with Crippen molar-refractivity contribution in [2.75, 3.05) is 15.5 Å². The normalized spacial score (nSPS) is 14.8. The van der Waals surface area contributed by atoms with Gasteiger partial charge in [0.05, 0.1) is 29.7 Å². The summed E-state index contributed by atoms with van der Waals surface area (Å²) < 4.78 is 1.83. The molecule has 0 bridgehead atoms. The van der Waals surface area contributed by atoms with E-state index in [1.807, 2.05) is 47.0 Å². The number of benzene rings is 2. The van der Waals surface area contributed by atoms with Gasteiger partial charge in [0.15, 0.2) is 0 Å². The summed E-state index contributed by atoms with van der Waals surface area (Å²) in [5, 5.41) is 5.52. The molecule has 0 fully saturated rings. The molecule has 2 aromatic carbocycles. The van der Waals surface area contributed by atoms with Crippen molar-refractivity contribution in [3.63, 3.8) is 0 Å². The molecule has 0 saturated heterocycles. The molecule has 5 rings (SSSR count). The van der Waals surface area contributed by atoms with Crippen LogP contribution in [0.3, 0.4) is 0 Å². The average Bonchev–Trinajstić information content (AvgIpc) is 3.31. The van der Waals surface area contributed by atoms with E-state index < -0.39 is 6.04 Å². The minimum atomic E-state index is -0.718. The third-order valence-corrected chi connectivity index (χ3v) is 5.60. The molecule has 9 nitrogen and oxygen atoms in total. The second kappa shape index (κ2) is 8.78. The van der Waals surface area contributed by atoms with E-state index >= 15 is 0 Å². The molecule has 170 valence electrons. The molecule has 3 heterocycles. The van der Waals surface area contributed by atoms with Gasteiger partial charge in [-0.05, 0) is 48.5 Å². The molecule has 9 heteroatoms. The van der Waals surface area contributed by atoms with E-state index in [-0.39, 0.29) is 30.7 Å². The lowest BCUT2D eigenvalue weighted by molar-refractivity contribution is -0.124. The van der Waals surface area contributed by atoms with E-state index in [1.165, 1.54) is 6.92 Å². The lowest BCUT2D eigenvalue weighted by Gasteiger charge is -2.15. The first kappa shape index (κ1) is 21.3. The number of nitrogens with zero attached hydrogens (tertiary/aromatic N) is 4. The van der Waals surface area contributed by atoms with Gasteiger partial charge in [0.2, 0.25) is 17.8 Å². The molecule has 0 spiro atoms. The number of aromatic nitrogens is 3. The molecule has 1 unspecified atom stereocenters. The molecule has 2 aromatic heterocycles. The number of amides is 3. The van der Waals surface area contributed by atoms with Crippen molar-refractivity contribution in [1.82, 2.24) is 14.5 Å². The molecule has 1 atom stereocenters. The Balaban J connectivity index is 1.39. The zero-order valence-electron chi connectivity index (χ0n) is 18.4. The van der Waals surface area contributed by atoms with Crippen molar-refractivity contribution in [1.29, 1.82) is 0 Å². The monoisotopic (exact) mass is 454 g/mol. The predicted octanol–water partition coefficient (Wildman–Crippen LogP) is 3.51. The maximum atomic E-state index is 13.4. The highest BCUT2D eigenvalue weighted by Gasteiger charge is 2.41. The van der Waals surface area contributed by atoms with Crippen LogP contribution in [0.25, 0.3) is 11.0 Å². The van der Waals surface area contributed by atoms with Crippen molar-refractivity contribution >= 4 is 46.1 Å². The van der Waals surface area contributed by atoms with E-state index in [4.69, 9.17) is 0 Å². The number of hydrogen-bond acceptors (Lipinski definition) is 5. The van der Waals surface area contributed by atoms with Crippen LogP contribution in [0.15, 0.2) is 72.9 Å². The van der Waals surface area contributed by atoms with Crippen LogP contribution >= 0.6 is 0 Å². The molecular formula is C25H22N6O3. The molecule has 0 radical (unpaired) electrons. The number of anilines is 3. The molecular weight excluding hydrogens is 432 g/mol. The van der Waals surface area contributed by atoms with Crippen LogP contribution < -0.4 is 15.5 Å². The standard InChI is InChI=1S/C25H22N6O3/c1-16(32)27-17-9-11-18(12-10-17)28-23(33)14-22-24(34)30(15-19-6-4-5-13-26-19)25-29-20-7-2-3-8-21(20)31(22)25/h2-13,22H,14-15H2,1H3,(H,27,32)(H,28,33). The summed E-state index contributed by atoms with van der Waals surface area (Å²) in [5.41, 5.74) is 3.50. The Morgan fingerprint density at radius 3 is 2.35 bits per heavy atom. The van der Waals surface area contributed by atoms with Gasteiger partial charge in [-0.3, -0.25) is 28.8 Å². The average molecular weight is 454 g/mol. The molecule has 1 aliphatic rings. The first-order valence-corrected chi connectivity index (χ1v) is 10.9. The Morgan fingerprint density at radius 1 is 0.941 bits per heavy atom. The molecule has 34 heavy (non-hydrogen) atoms. The van der Waals surface area contributed by atoms with Gasteiger partial charge in [-0.15, -0.1) is 0 Å². The van der Waals surface area contributed by atoms with Gasteiger partial charge in [0, 0.05) is 24.5 Å². The number of carbonyl (C=O) groups excluding carboxylic acids is 3. The molecule has 4 aromatic rings. The van der Waals surface area contributed by atoms with Gasteiger partial charge in [-0.1, -0.05) is 18.2 Å². The van der Waals surface area contributed by atoms with Crippen LogP contribution in [0.1, 0.15) is 25.1 Å². The lowest BCUT2D eigenvalue weighted by atomic mass is 10.1. The predicted molar refractivity (Wildman–Crippen MR) is 128 cm³/mol. The van der Waals surface area contributed by atoms with E-state index in [9.17, 15) is 14.4 Å². The van der Waals surface area contributed by atoms with Crippen LogP contribution in [0, 0.1) is 0 Å². The second-order valence-electron chi connectivity index (χ2n) is 8.04. The fourth-order valence-corrected chi connectivity index (χ4v) is 4.13. The summed E-state index contributed by atoms with van der Waals surface area (Å²) in [6, 6.07) is 19.2. The minimum Gasteiger partial charge on any atom is -0.326 e. The summed E-state index contributed by atoms with van der Waals surface area (Å²) in [4.78, 5) is 48.1. The summed E-state index contributed by atoms with van der Waals surface area (Å²) in [5.74, 6) is -0.159. The summed E-state index contributed by atoms with van der Waals surface area (Å²) in [7, 11) is 0. The van der Waals surface area contributed by atoms with E-state index in [2.05, 4.69) is 20.6 Å². The third kappa shape index (κ3) is 4.11. The number of fused-ring (bicyclic) bond motifs is 3. The van der Waals surface area contributed by atoms with Crippen LogP contribution in [0.4, 0.5) is 17.3 Å². The zero-order chi connectivity index (χ0) is 23.7. The largest absolute Gasteiger partial charge is 0.326 e. The smallest absolute Gasteiger partial charge is 0.253 e. The van der Waals surface area contributed by atoms with Crippen LogP contribution in [0.2, 0.25) is 0 Å². The number of carbonyl (C=O) groups is 3. The van der Waals surface area contributed by atoms with Gasteiger partial charge in [0.1, 0.15) is 6.04 Å². The zero-order valence-corrected chi connectivity index (χ0v) is 18.4. The Hall–Kier alpha value is -4.53. The maximum Gasteiger partial charge on any atom is 0.253 e. The lowest BCUT2D eigenvalue weighted by Crippen LogP contribution is -2.31. The first-order valence-electron chi connectivity index (χ1n) is 10.9. The molecule has 0 aliphatic carbocycles. The highest BCUT2D eigenvalue weighted by Crippen LogP contribution is 2.37. The summed E-state index contributed by atoms with van der Waals surface area (Å²) >= 11 is 0. The van der Waals surface area contributed by atoms with Gasteiger partial charge in [-0.25, -0.2) is 4.98 Å². The topological polar surface area (TPSA) is 109 Å². The van der Waals surface area contributed by atoms with E-state index in [0.29, 0.717) is 17.3 Å². The fraction of sp³-hybridized carbons (Fsp3) is 0.160. The Morgan fingerprint density at radius 2 is 1.65 bits per heavy atom. The summed E-state index contributed by atoms with van der Waals surface area (Å²) in [6.07, 6.45) is 1.64. The number of para-hydroxylation sites is 2. The number of nitrogens with one attached hydrogen (secondary N) is 2. The van der Waals surface area contributed by atoms with Gasteiger partial charge in [0.25, 0.3) is 5.91 Å². The van der Waals surface area contributed by atoms with Crippen LogP contribution in [-0.4, -0.2) is 32.3 Å². The number of imidazole rings is 1. The fourth-order valence-electron chi connectivity index (χ4n) is 4.13. The Bertz CT molecular complexity index is 1380. The van der Waals surface area contributed by atoms with Gasteiger partial charge in [-0.2, -0.15) is 0 Å². The SMILES string of the molecule is CC(=O)Nc1ccc(NC(=O)CC2C(=O)N(Cc3ccccn3)c3nc4ccccc4n32)cc1. The molecule has 3 amide bonds. The van der Waals surface area contributed by atoms with E-state index in [1.54, 1.807) is 35.4 Å². The number of hydrogen-bond donors (Lipinski definition) is 2. The number of pyridine rings is 1. The van der Waals surface area contributed by atoms with E-state index in [0.717, 1.165) is 16.7 Å². The van der Waals surface area contributed by atoms with Crippen molar-refractivity contribution in [3.8, 4) is 0 Å². The highest BCUT2D eigenvalue weighted by molar-refractivity contribution is 6.05.